The zero-order chi connectivity index (χ0) is 8.81. The topological polar surface area (TPSA) is 66.7 Å². The molecule has 1 heterocycles. The van der Waals surface area contributed by atoms with Crippen LogP contribution < -0.4 is 0 Å². The molecule has 4 heteroatoms. The molecule has 2 rings (SSSR count). The predicted molar refractivity (Wildman–Crippen MR) is 43.2 cm³/mol. The summed E-state index contributed by atoms with van der Waals surface area (Å²) in [7, 11) is 0. The molecule has 0 fully saturated rings. The van der Waals surface area contributed by atoms with E-state index < -0.39 is 0 Å². The van der Waals surface area contributed by atoms with Gasteiger partial charge in [-0.1, -0.05) is 6.08 Å². The zero-order valence-electron chi connectivity index (χ0n) is 6.32. The number of carbonyl (C=O) groups excluding carboxylic acids is 1. The van der Waals surface area contributed by atoms with Crippen molar-refractivity contribution in [2.45, 2.75) is 6.42 Å². The Morgan fingerprint density at radius 3 is 2.75 bits per heavy atom. The highest BCUT2D eigenvalue weighted by Crippen LogP contribution is 2.11. The average Bonchev–Trinajstić information content (AvgIpc) is 2.52. The molecule has 0 amide bonds. The number of nitrogens with one attached hydrogen (secondary N) is 1. The largest absolute Gasteiger partial charge is 0.257 e. The minimum Gasteiger partial charge on any atom is -0.257 e. The van der Waals surface area contributed by atoms with Crippen LogP contribution >= 0.6 is 0 Å². The number of hydrogen-bond acceptors (Lipinski definition) is 4. The van der Waals surface area contributed by atoms with Crippen LogP contribution in [0.25, 0.3) is 6.08 Å². The van der Waals surface area contributed by atoms with Gasteiger partial charge in [0.2, 0.25) is 6.08 Å². The van der Waals surface area contributed by atoms with Crippen molar-refractivity contribution in [3.05, 3.63) is 29.9 Å². The third-order valence-corrected chi connectivity index (χ3v) is 1.39. The van der Waals surface area contributed by atoms with Gasteiger partial charge in [-0.2, -0.15) is 0 Å². The van der Waals surface area contributed by atoms with E-state index >= 15 is 0 Å². The molecule has 0 aromatic carbocycles. The van der Waals surface area contributed by atoms with Gasteiger partial charge in [0.1, 0.15) is 0 Å². The fourth-order valence-electron chi connectivity index (χ4n) is 0.956. The van der Waals surface area contributed by atoms with Gasteiger partial charge in [-0.3, -0.25) is 9.97 Å². The van der Waals surface area contributed by atoms with Gasteiger partial charge in [-0.05, 0) is 6.08 Å². The fourth-order valence-corrected chi connectivity index (χ4v) is 0.956. The molecule has 1 aromatic heterocycles. The van der Waals surface area contributed by atoms with Crippen molar-refractivity contribution in [2.24, 2.45) is 0 Å². The Kier molecular flexibility index (Phi) is 2.87. The van der Waals surface area contributed by atoms with E-state index in [4.69, 9.17) is 10.2 Å². The first-order valence-electron chi connectivity index (χ1n) is 3.38. The molecule has 0 spiro atoms. The third-order valence-electron chi connectivity index (χ3n) is 1.39. The maximum atomic E-state index is 8.35. The molecular weight excluding hydrogens is 154 g/mol. The van der Waals surface area contributed by atoms with Crippen LogP contribution in [0, 0.1) is 5.41 Å². The molecular formula is C8H7N3O. The lowest BCUT2D eigenvalue weighted by molar-refractivity contribution is 0.563. The predicted octanol–water partition coefficient (Wildman–Crippen LogP) is 0.947. The van der Waals surface area contributed by atoms with E-state index in [0.29, 0.717) is 0 Å². The van der Waals surface area contributed by atoms with Gasteiger partial charge < -0.3 is 0 Å². The minimum absolute atomic E-state index is 0.750. The maximum Gasteiger partial charge on any atom is 0.231 e. The highest BCUT2D eigenvalue weighted by Gasteiger charge is 2.03. The second-order valence-electron chi connectivity index (χ2n) is 2.10. The number of allylic oxidation sites excluding steroid dienone is 1. The van der Waals surface area contributed by atoms with Crippen molar-refractivity contribution < 1.29 is 4.79 Å². The molecule has 0 saturated carbocycles. The summed E-state index contributed by atoms with van der Waals surface area (Å²) < 4.78 is 0. The highest BCUT2D eigenvalue weighted by molar-refractivity contribution is 5.52. The molecule has 60 valence electrons. The molecule has 0 radical (unpaired) electrons. The van der Waals surface area contributed by atoms with E-state index in [2.05, 4.69) is 16.0 Å². The van der Waals surface area contributed by atoms with Crippen LogP contribution in [0.3, 0.4) is 0 Å². The molecule has 0 bridgehead atoms. The van der Waals surface area contributed by atoms with Crippen LogP contribution in [-0.2, 0) is 11.2 Å². The fraction of sp³-hybridized carbons (Fsp3) is 0.125. The Balaban J connectivity index is 0.000000213. The second kappa shape index (κ2) is 4.16. The zero-order valence-corrected chi connectivity index (χ0v) is 6.32. The first-order valence-corrected chi connectivity index (χ1v) is 3.38. The first kappa shape index (κ1) is 8.30. The number of hydrogen-bond donors (Lipinski definition) is 1. The number of rotatable bonds is 0. The van der Waals surface area contributed by atoms with Gasteiger partial charge in [0, 0.05) is 18.8 Å². The highest BCUT2D eigenvalue weighted by atomic mass is 16.1. The smallest absolute Gasteiger partial charge is 0.231 e. The normalized spacial score (nSPS) is 11.0. The van der Waals surface area contributed by atoms with Crippen LogP contribution in [0.15, 0.2) is 18.5 Å². The summed E-state index contributed by atoms with van der Waals surface area (Å²) in [6, 6.07) is 0. The van der Waals surface area contributed by atoms with E-state index in [-0.39, 0.29) is 0 Å². The van der Waals surface area contributed by atoms with Gasteiger partial charge >= 0.3 is 0 Å². The summed E-state index contributed by atoms with van der Waals surface area (Å²) >= 11 is 0. The molecule has 12 heavy (non-hydrogen) atoms. The minimum atomic E-state index is 0.750. The van der Waals surface area contributed by atoms with E-state index in [1.54, 1.807) is 12.4 Å². The lowest BCUT2D eigenvalue weighted by Crippen LogP contribution is -1.88. The summed E-state index contributed by atoms with van der Waals surface area (Å²) in [6.07, 6.45) is 9.22. The van der Waals surface area contributed by atoms with Crippen molar-refractivity contribution in [2.75, 3.05) is 0 Å². The molecule has 1 N–H and O–H groups in total. The van der Waals surface area contributed by atoms with Crippen LogP contribution in [0.4, 0.5) is 0 Å². The quantitative estimate of drug-likeness (QED) is 0.455. The van der Waals surface area contributed by atoms with Crippen molar-refractivity contribution in [1.82, 2.24) is 9.97 Å². The van der Waals surface area contributed by atoms with E-state index in [1.807, 2.05) is 6.08 Å². The van der Waals surface area contributed by atoms with Gasteiger partial charge in [-0.25, -0.2) is 10.2 Å². The van der Waals surface area contributed by atoms with Gasteiger partial charge in [0.25, 0.3) is 0 Å². The van der Waals surface area contributed by atoms with Gasteiger partial charge in [0.05, 0.1) is 11.4 Å². The maximum absolute atomic E-state index is 8.35. The summed E-state index contributed by atoms with van der Waals surface area (Å²) in [6.45, 7) is 0. The summed E-state index contributed by atoms with van der Waals surface area (Å²) in [4.78, 5) is 16.6. The molecule has 0 saturated heterocycles. The SMILES string of the molecule is C1=Cc2nccnc2C1.N=C=O. The summed E-state index contributed by atoms with van der Waals surface area (Å²) in [5, 5.41) is 5.40. The van der Waals surface area contributed by atoms with Crippen molar-refractivity contribution in [1.29, 1.82) is 5.41 Å². The Bertz CT molecular complexity index is 327. The third kappa shape index (κ3) is 1.84. The molecule has 0 atom stereocenters. The van der Waals surface area contributed by atoms with Gasteiger partial charge in [0.15, 0.2) is 0 Å². The molecule has 1 aliphatic carbocycles. The number of isocyanates is 1. The number of aromatic nitrogens is 2. The summed E-state index contributed by atoms with van der Waals surface area (Å²) in [5.41, 5.74) is 2.12. The lowest BCUT2D eigenvalue weighted by atomic mass is 10.3. The molecule has 0 unspecified atom stereocenters. The standard InChI is InChI=1S/C7H6N2.CHNO/c1-2-6-7(3-1)9-5-4-8-6;2-1-3/h1-2,4-5H,3H2;2H. The van der Waals surface area contributed by atoms with Crippen LogP contribution in [-0.4, -0.2) is 16.0 Å². The molecule has 1 aromatic rings. The Morgan fingerprint density at radius 2 is 2.08 bits per heavy atom. The number of fused-ring (bicyclic) bond motifs is 1. The lowest BCUT2D eigenvalue weighted by Gasteiger charge is -1.91. The van der Waals surface area contributed by atoms with Crippen molar-refractivity contribution in [3.8, 4) is 0 Å². The Morgan fingerprint density at radius 1 is 1.42 bits per heavy atom. The second-order valence-corrected chi connectivity index (χ2v) is 2.10. The number of nitrogens with zero attached hydrogens (tertiary/aromatic N) is 2. The van der Waals surface area contributed by atoms with Crippen LogP contribution in [0.5, 0.6) is 0 Å². The monoisotopic (exact) mass is 161 g/mol. The van der Waals surface area contributed by atoms with Crippen LogP contribution in [0.1, 0.15) is 11.4 Å². The Labute approximate surface area is 69.5 Å². The van der Waals surface area contributed by atoms with Crippen molar-refractivity contribution >= 4 is 12.2 Å². The van der Waals surface area contributed by atoms with E-state index in [9.17, 15) is 0 Å². The molecule has 4 nitrogen and oxygen atoms in total. The average molecular weight is 161 g/mol. The Hall–Kier alpha value is -1.80. The molecule has 1 aliphatic rings. The van der Waals surface area contributed by atoms with Crippen molar-refractivity contribution in [3.63, 3.8) is 0 Å². The van der Waals surface area contributed by atoms with Crippen LogP contribution in [0.2, 0.25) is 0 Å². The van der Waals surface area contributed by atoms with E-state index in [1.165, 1.54) is 0 Å². The summed E-state index contributed by atoms with van der Waals surface area (Å²) in [5.74, 6) is 0. The first-order chi connectivity index (χ1) is 5.88. The van der Waals surface area contributed by atoms with Gasteiger partial charge in [-0.15, -0.1) is 0 Å². The van der Waals surface area contributed by atoms with E-state index in [0.717, 1.165) is 23.9 Å². The molecule has 0 aliphatic heterocycles.